The Balaban J connectivity index is 1.71. The van der Waals surface area contributed by atoms with E-state index < -0.39 is 0 Å². The largest absolute Gasteiger partial charge is 0.300 e. The Labute approximate surface area is 131 Å². The molecule has 0 spiro atoms. The molecular weight excluding hydrogens is 300 g/mol. The van der Waals surface area contributed by atoms with Gasteiger partial charge in [0.1, 0.15) is 6.54 Å². The van der Waals surface area contributed by atoms with Crippen molar-refractivity contribution in [3.63, 3.8) is 0 Å². The highest BCUT2D eigenvalue weighted by Crippen LogP contribution is 2.15. The van der Waals surface area contributed by atoms with Crippen molar-refractivity contribution in [2.24, 2.45) is 5.10 Å². The summed E-state index contributed by atoms with van der Waals surface area (Å²) in [5.41, 5.74) is 1.79. The van der Waals surface area contributed by atoms with Gasteiger partial charge in [0.2, 0.25) is 11.8 Å². The molecule has 0 unspecified atom stereocenters. The predicted molar refractivity (Wildman–Crippen MR) is 84.7 cm³/mol. The molecule has 112 valence electrons. The number of carbonyl (C=O) groups excluding carboxylic acids is 2. The summed E-state index contributed by atoms with van der Waals surface area (Å²) in [7, 11) is 0. The van der Waals surface area contributed by atoms with E-state index in [4.69, 9.17) is 0 Å². The first-order chi connectivity index (χ1) is 10.7. The van der Waals surface area contributed by atoms with Crippen LogP contribution in [0.15, 0.2) is 47.0 Å². The van der Waals surface area contributed by atoms with E-state index in [1.807, 2.05) is 30.3 Å². The van der Waals surface area contributed by atoms with Crippen LogP contribution >= 0.6 is 11.3 Å². The molecule has 1 aromatic heterocycles. The normalized spacial score (nSPS) is 14.6. The molecule has 0 aliphatic carbocycles. The minimum Gasteiger partial charge on any atom is -0.300 e. The second kappa shape index (κ2) is 6.48. The summed E-state index contributed by atoms with van der Waals surface area (Å²) < 4.78 is 0. The maximum atomic E-state index is 12.0. The summed E-state index contributed by atoms with van der Waals surface area (Å²) in [6.07, 6.45) is 2.56. The van der Waals surface area contributed by atoms with Crippen molar-refractivity contribution < 1.29 is 9.59 Å². The van der Waals surface area contributed by atoms with Gasteiger partial charge in [-0.1, -0.05) is 30.3 Å². The maximum absolute atomic E-state index is 12.0. The van der Waals surface area contributed by atoms with E-state index >= 15 is 0 Å². The number of aromatic nitrogens is 1. The summed E-state index contributed by atoms with van der Waals surface area (Å²) in [4.78, 5) is 27.9. The van der Waals surface area contributed by atoms with E-state index in [0.717, 1.165) is 11.3 Å². The standard InChI is InChI=1S/C15H14N4O2S/c20-13(17-15-16-8-9-22-15)10-19-14(21)7-6-12(18-19)11-4-2-1-3-5-11/h1-5,8-9H,6-7,10H2,(H,16,17,20). The Morgan fingerprint density at radius 1 is 1.27 bits per heavy atom. The number of hydrogen-bond donors (Lipinski definition) is 1. The molecule has 7 heteroatoms. The van der Waals surface area contributed by atoms with Crippen LogP contribution in [-0.2, 0) is 9.59 Å². The van der Waals surface area contributed by atoms with Crippen LogP contribution in [0.5, 0.6) is 0 Å². The number of benzene rings is 1. The van der Waals surface area contributed by atoms with Crippen molar-refractivity contribution in [1.82, 2.24) is 9.99 Å². The molecule has 0 saturated carbocycles. The molecule has 0 atom stereocenters. The van der Waals surface area contributed by atoms with Crippen LogP contribution in [-0.4, -0.2) is 34.1 Å². The van der Waals surface area contributed by atoms with E-state index in [1.54, 1.807) is 11.6 Å². The first-order valence-electron chi connectivity index (χ1n) is 6.85. The molecule has 3 rings (SSSR count). The Bertz CT molecular complexity index is 698. The lowest BCUT2D eigenvalue weighted by Gasteiger charge is -2.23. The zero-order chi connectivity index (χ0) is 15.4. The lowest BCUT2D eigenvalue weighted by atomic mass is 10.0. The molecule has 0 saturated heterocycles. The number of amides is 2. The van der Waals surface area contributed by atoms with Gasteiger partial charge in [-0.15, -0.1) is 11.3 Å². The van der Waals surface area contributed by atoms with Crippen molar-refractivity contribution in [1.29, 1.82) is 0 Å². The van der Waals surface area contributed by atoms with Crippen molar-refractivity contribution >= 4 is 34.0 Å². The van der Waals surface area contributed by atoms with Crippen molar-refractivity contribution in [3.05, 3.63) is 47.5 Å². The summed E-state index contributed by atoms with van der Waals surface area (Å²) >= 11 is 1.33. The van der Waals surface area contributed by atoms with E-state index in [1.165, 1.54) is 16.3 Å². The summed E-state index contributed by atoms with van der Waals surface area (Å²) in [5, 5.41) is 10.5. The molecule has 0 radical (unpaired) electrons. The number of thiazole rings is 1. The molecular formula is C15H14N4O2S. The molecule has 6 nitrogen and oxygen atoms in total. The number of rotatable bonds is 4. The van der Waals surface area contributed by atoms with Crippen molar-refractivity contribution in [3.8, 4) is 0 Å². The number of nitrogens with zero attached hydrogens (tertiary/aromatic N) is 3. The SMILES string of the molecule is O=C(CN1N=C(c2ccccc2)CCC1=O)Nc1nccs1. The lowest BCUT2D eigenvalue weighted by molar-refractivity contribution is -0.135. The molecule has 1 aliphatic rings. The average Bonchev–Trinajstić information content (AvgIpc) is 3.03. The fraction of sp³-hybridized carbons (Fsp3) is 0.200. The molecule has 2 heterocycles. The quantitative estimate of drug-likeness (QED) is 0.939. The number of hydrazone groups is 1. The lowest BCUT2D eigenvalue weighted by Crippen LogP contribution is -2.37. The van der Waals surface area contributed by atoms with Crippen LogP contribution in [0, 0.1) is 0 Å². The Hall–Kier alpha value is -2.54. The van der Waals surface area contributed by atoms with E-state index in [9.17, 15) is 9.59 Å². The van der Waals surface area contributed by atoms with E-state index in [0.29, 0.717) is 18.0 Å². The fourth-order valence-electron chi connectivity index (χ4n) is 2.14. The van der Waals surface area contributed by atoms with Crippen molar-refractivity contribution in [2.45, 2.75) is 12.8 Å². The highest BCUT2D eigenvalue weighted by molar-refractivity contribution is 7.13. The molecule has 1 N–H and O–H groups in total. The summed E-state index contributed by atoms with van der Waals surface area (Å²) in [6.45, 7) is -0.102. The van der Waals surface area contributed by atoms with Gasteiger partial charge in [0, 0.05) is 24.4 Å². The van der Waals surface area contributed by atoms with Crippen LogP contribution in [0.3, 0.4) is 0 Å². The predicted octanol–water partition coefficient (Wildman–Crippen LogP) is 2.11. The van der Waals surface area contributed by atoms with Gasteiger partial charge in [-0.05, 0) is 5.56 Å². The van der Waals surface area contributed by atoms with Crippen LogP contribution in [0.4, 0.5) is 5.13 Å². The number of carbonyl (C=O) groups is 2. The van der Waals surface area contributed by atoms with Gasteiger partial charge >= 0.3 is 0 Å². The van der Waals surface area contributed by atoms with Gasteiger partial charge in [-0.3, -0.25) is 9.59 Å². The molecule has 2 amide bonds. The highest BCUT2D eigenvalue weighted by Gasteiger charge is 2.23. The van der Waals surface area contributed by atoms with Gasteiger partial charge in [-0.25, -0.2) is 9.99 Å². The third-order valence-electron chi connectivity index (χ3n) is 3.18. The smallest absolute Gasteiger partial charge is 0.248 e. The fourth-order valence-corrected chi connectivity index (χ4v) is 2.69. The monoisotopic (exact) mass is 314 g/mol. The van der Waals surface area contributed by atoms with Gasteiger partial charge in [-0.2, -0.15) is 5.10 Å². The minimum absolute atomic E-state index is 0.102. The summed E-state index contributed by atoms with van der Waals surface area (Å²) in [6, 6.07) is 9.67. The summed E-state index contributed by atoms with van der Waals surface area (Å²) in [5.74, 6) is -0.449. The maximum Gasteiger partial charge on any atom is 0.248 e. The van der Waals surface area contributed by atoms with E-state index in [2.05, 4.69) is 15.4 Å². The molecule has 22 heavy (non-hydrogen) atoms. The molecule has 1 aromatic carbocycles. The van der Waals surface area contributed by atoms with Gasteiger partial charge in [0.15, 0.2) is 5.13 Å². The Kier molecular flexibility index (Phi) is 4.24. The third-order valence-corrected chi connectivity index (χ3v) is 3.87. The number of nitrogens with one attached hydrogen (secondary N) is 1. The van der Waals surface area contributed by atoms with Gasteiger partial charge < -0.3 is 5.32 Å². The van der Waals surface area contributed by atoms with Gasteiger partial charge in [0.25, 0.3) is 0 Å². The van der Waals surface area contributed by atoms with Crippen LogP contribution in [0.25, 0.3) is 0 Å². The topological polar surface area (TPSA) is 74.7 Å². The average molecular weight is 314 g/mol. The molecule has 0 bridgehead atoms. The second-order valence-electron chi connectivity index (χ2n) is 4.75. The second-order valence-corrected chi connectivity index (χ2v) is 5.64. The Morgan fingerprint density at radius 2 is 2.09 bits per heavy atom. The number of anilines is 1. The third kappa shape index (κ3) is 3.37. The molecule has 1 aliphatic heterocycles. The molecule has 0 fully saturated rings. The van der Waals surface area contributed by atoms with Gasteiger partial charge in [0.05, 0.1) is 5.71 Å². The van der Waals surface area contributed by atoms with Crippen LogP contribution in [0.1, 0.15) is 18.4 Å². The van der Waals surface area contributed by atoms with E-state index in [-0.39, 0.29) is 18.4 Å². The number of hydrogen-bond acceptors (Lipinski definition) is 5. The highest BCUT2D eigenvalue weighted by atomic mass is 32.1. The molecule has 2 aromatic rings. The zero-order valence-electron chi connectivity index (χ0n) is 11.7. The zero-order valence-corrected chi connectivity index (χ0v) is 12.5. The minimum atomic E-state index is -0.304. The Morgan fingerprint density at radius 3 is 2.82 bits per heavy atom. The van der Waals surface area contributed by atoms with Crippen LogP contribution < -0.4 is 5.32 Å². The first kappa shape index (κ1) is 14.4. The first-order valence-corrected chi connectivity index (χ1v) is 7.73. The van der Waals surface area contributed by atoms with Crippen molar-refractivity contribution in [2.75, 3.05) is 11.9 Å². The van der Waals surface area contributed by atoms with Crippen LogP contribution in [0.2, 0.25) is 0 Å².